The molecular formula is C11H22N2O2. The van der Waals surface area contributed by atoms with Gasteiger partial charge in [0.2, 0.25) is 5.91 Å². The molecule has 0 aromatic heterocycles. The summed E-state index contributed by atoms with van der Waals surface area (Å²) in [5.74, 6) is 0.264. The van der Waals surface area contributed by atoms with Gasteiger partial charge in [0.25, 0.3) is 0 Å². The van der Waals surface area contributed by atoms with E-state index in [0.29, 0.717) is 18.9 Å². The van der Waals surface area contributed by atoms with Crippen molar-refractivity contribution in [2.75, 3.05) is 13.2 Å². The molecule has 0 radical (unpaired) electrons. The van der Waals surface area contributed by atoms with Crippen molar-refractivity contribution in [1.82, 2.24) is 0 Å². The van der Waals surface area contributed by atoms with Gasteiger partial charge in [0, 0.05) is 13.2 Å². The van der Waals surface area contributed by atoms with Crippen molar-refractivity contribution in [3.63, 3.8) is 0 Å². The summed E-state index contributed by atoms with van der Waals surface area (Å²) in [7, 11) is 0. The van der Waals surface area contributed by atoms with Gasteiger partial charge in [-0.3, -0.25) is 4.79 Å². The molecule has 0 aromatic carbocycles. The fraction of sp³-hybridized carbons (Fsp3) is 0.909. The molecule has 1 unspecified atom stereocenters. The molecule has 0 heterocycles. The Morgan fingerprint density at radius 1 is 1.33 bits per heavy atom. The minimum atomic E-state index is -0.559. The summed E-state index contributed by atoms with van der Waals surface area (Å²) in [5, 5.41) is 0. The number of rotatable bonds is 6. The van der Waals surface area contributed by atoms with Crippen LogP contribution in [0.5, 0.6) is 0 Å². The first-order valence-electron chi connectivity index (χ1n) is 5.83. The van der Waals surface area contributed by atoms with Crippen LogP contribution in [-0.4, -0.2) is 25.2 Å². The number of ether oxygens (including phenoxy) is 1. The highest BCUT2D eigenvalue weighted by atomic mass is 16.5. The average Bonchev–Trinajstić information content (AvgIpc) is 2.25. The van der Waals surface area contributed by atoms with E-state index in [2.05, 4.69) is 0 Å². The second-order valence-electron chi connectivity index (χ2n) is 4.38. The first-order valence-corrected chi connectivity index (χ1v) is 5.83. The maximum absolute atomic E-state index is 10.6. The van der Waals surface area contributed by atoms with Crippen LogP contribution < -0.4 is 11.5 Å². The van der Waals surface area contributed by atoms with Crippen LogP contribution in [0.15, 0.2) is 0 Å². The second-order valence-corrected chi connectivity index (χ2v) is 4.38. The lowest BCUT2D eigenvalue weighted by atomic mass is 9.90. The van der Waals surface area contributed by atoms with Crippen LogP contribution in [0, 0.1) is 5.92 Å². The van der Waals surface area contributed by atoms with Gasteiger partial charge in [-0.25, -0.2) is 0 Å². The van der Waals surface area contributed by atoms with Crippen molar-refractivity contribution in [2.45, 2.75) is 44.6 Å². The Labute approximate surface area is 91.3 Å². The second kappa shape index (κ2) is 6.80. The summed E-state index contributed by atoms with van der Waals surface area (Å²) in [6.45, 7) is 1.35. The summed E-state index contributed by atoms with van der Waals surface area (Å²) in [6, 6.07) is -0.559. The Hall–Kier alpha value is -0.610. The monoisotopic (exact) mass is 214 g/mol. The molecule has 1 aliphatic carbocycles. The Bertz CT molecular complexity index is 191. The zero-order valence-corrected chi connectivity index (χ0v) is 9.28. The molecule has 1 atom stereocenters. The van der Waals surface area contributed by atoms with Crippen LogP contribution in [0.1, 0.15) is 38.5 Å². The topological polar surface area (TPSA) is 78.3 Å². The fourth-order valence-electron chi connectivity index (χ4n) is 1.96. The maximum atomic E-state index is 10.6. The van der Waals surface area contributed by atoms with E-state index in [0.717, 1.165) is 6.61 Å². The number of amides is 1. The van der Waals surface area contributed by atoms with Gasteiger partial charge in [-0.15, -0.1) is 0 Å². The van der Waals surface area contributed by atoms with Crippen LogP contribution in [0.25, 0.3) is 0 Å². The largest absolute Gasteiger partial charge is 0.381 e. The highest BCUT2D eigenvalue weighted by Gasteiger charge is 2.14. The van der Waals surface area contributed by atoms with Crippen LogP contribution >= 0.6 is 0 Å². The van der Waals surface area contributed by atoms with Crippen molar-refractivity contribution in [3.8, 4) is 0 Å². The summed E-state index contributed by atoms with van der Waals surface area (Å²) in [5.41, 5.74) is 10.5. The van der Waals surface area contributed by atoms with Crippen LogP contribution in [-0.2, 0) is 9.53 Å². The van der Waals surface area contributed by atoms with Gasteiger partial charge < -0.3 is 16.2 Å². The molecular weight excluding hydrogens is 192 g/mol. The summed E-state index contributed by atoms with van der Waals surface area (Å²) in [4.78, 5) is 10.6. The molecule has 88 valence electrons. The molecule has 4 heteroatoms. The predicted molar refractivity (Wildman–Crippen MR) is 59.2 cm³/mol. The summed E-state index contributed by atoms with van der Waals surface area (Å²) >= 11 is 0. The third-order valence-electron chi connectivity index (χ3n) is 3.02. The molecule has 4 N–H and O–H groups in total. The molecule has 1 aliphatic rings. The van der Waals surface area contributed by atoms with Gasteiger partial charge in [-0.1, -0.05) is 19.3 Å². The lowest BCUT2D eigenvalue weighted by Gasteiger charge is -2.21. The average molecular weight is 214 g/mol. The van der Waals surface area contributed by atoms with E-state index in [-0.39, 0.29) is 0 Å². The summed E-state index contributed by atoms with van der Waals surface area (Å²) in [6.07, 6.45) is 7.11. The molecule has 0 aromatic rings. The molecule has 0 aliphatic heterocycles. The molecule has 0 bridgehead atoms. The van der Waals surface area contributed by atoms with E-state index in [1.807, 2.05) is 0 Å². The highest BCUT2D eigenvalue weighted by molar-refractivity contribution is 5.79. The van der Waals surface area contributed by atoms with E-state index in [1.54, 1.807) is 0 Å². The fourth-order valence-corrected chi connectivity index (χ4v) is 1.96. The Kier molecular flexibility index (Phi) is 5.65. The molecule has 1 fully saturated rings. The number of carbonyl (C=O) groups excluding carboxylic acids is 1. The Morgan fingerprint density at radius 2 is 2.00 bits per heavy atom. The van der Waals surface area contributed by atoms with E-state index in [1.165, 1.54) is 32.1 Å². The Morgan fingerprint density at radius 3 is 2.60 bits per heavy atom. The summed E-state index contributed by atoms with van der Waals surface area (Å²) < 4.78 is 5.51. The maximum Gasteiger partial charge on any atom is 0.234 e. The molecule has 1 amide bonds. The lowest BCUT2D eigenvalue weighted by molar-refractivity contribution is -0.119. The van der Waals surface area contributed by atoms with Crippen LogP contribution in [0.3, 0.4) is 0 Å². The first kappa shape index (κ1) is 12.5. The molecule has 4 nitrogen and oxygen atoms in total. The normalized spacial score (nSPS) is 20.1. The minimum Gasteiger partial charge on any atom is -0.381 e. The lowest BCUT2D eigenvalue weighted by Crippen LogP contribution is -2.37. The highest BCUT2D eigenvalue weighted by Crippen LogP contribution is 2.23. The standard InChI is InChI=1S/C11H22N2O2/c12-10(11(13)14)6-7-15-8-9-4-2-1-3-5-9/h9-10H,1-8,12H2,(H2,13,14). The molecule has 1 saturated carbocycles. The quantitative estimate of drug-likeness (QED) is 0.641. The number of hydrogen-bond donors (Lipinski definition) is 2. The van der Waals surface area contributed by atoms with Gasteiger partial charge >= 0.3 is 0 Å². The van der Waals surface area contributed by atoms with Gasteiger partial charge in [0.05, 0.1) is 6.04 Å². The molecule has 15 heavy (non-hydrogen) atoms. The third kappa shape index (κ3) is 5.14. The van der Waals surface area contributed by atoms with E-state index < -0.39 is 11.9 Å². The van der Waals surface area contributed by atoms with Crippen molar-refractivity contribution < 1.29 is 9.53 Å². The van der Waals surface area contributed by atoms with Gasteiger partial charge in [-0.05, 0) is 25.2 Å². The van der Waals surface area contributed by atoms with Gasteiger partial charge in [0.1, 0.15) is 0 Å². The van der Waals surface area contributed by atoms with E-state index in [4.69, 9.17) is 16.2 Å². The number of primary amides is 1. The molecule has 0 spiro atoms. The predicted octanol–water partition coefficient (Wildman–Crippen LogP) is 0.786. The Balaban J connectivity index is 1.98. The van der Waals surface area contributed by atoms with E-state index >= 15 is 0 Å². The van der Waals surface area contributed by atoms with E-state index in [9.17, 15) is 4.79 Å². The zero-order chi connectivity index (χ0) is 11.1. The first-order chi connectivity index (χ1) is 7.20. The SMILES string of the molecule is NC(=O)C(N)CCOCC1CCCCC1. The van der Waals surface area contributed by atoms with Crippen molar-refractivity contribution in [3.05, 3.63) is 0 Å². The molecule has 0 saturated heterocycles. The van der Waals surface area contributed by atoms with Crippen molar-refractivity contribution in [1.29, 1.82) is 0 Å². The van der Waals surface area contributed by atoms with Gasteiger partial charge in [0.15, 0.2) is 0 Å². The van der Waals surface area contributed by atoms with Crippen LogP contribution in [0.4, 0.5) is 0 Å². The zero-order valence-electron chi connectivity index (χ0n) is 9.28. The number of hydrogen-bond acceptors (Lipinski definition) is 3. The third-order valence-corrected chi connectivity index (χ3v) is 3.02. The van der Waals surface area contributed by atoms with Crippen LogP contribution in [0.2, 0.25) is 0 Å². The number of nitrogens with two attached hydrogens (primary N) is 2. The van der Waals surface area contributed by atoms with Crippen molar-refractivity contribution in [2.24, 2.45) is 17.4 Å². The van der Waals surface area contributed by atoms with Crippen molar-refractivity contribution >= 4 is 5.91 Å². The number of carbonyl (C=O) groups is 1. The minimum absolute atomic E-state index is 0.448. The molecule has 1 rings (SSSR count). The van der Waals surface area contributed by atoms with Gasteiger partial charge in [-0.2, -0.15) is 0 Å². The smallest absolute Gasteiger partial charge is 0.234 e.